The number of nitrogens with one attached hydrogen (secondary N) is 1. The van der Waals surface area contributed by atoms with Gasteiger partial charge in [-0.05, 0) is 57.7 Å². The van der Waals surface area contributed by atoms with Crippen molar-refractivity contribution in [3.05, 3.63) is 29.8 Å². The van der Waals surface area contributed by atoms with Gasteiger partial charge in [-0.25, -0.2) is 4.79 Å². The number of likely N-dealkylation sites (tertiary alicyclic amines) is 1. The van der Waals surface area contributed by atoms with Gasteiger partial charge in [0.05, 0.1) is 0 Å². The van der Waals surface area contributed by atoms with E-state index in [4.69, 9.17) is 5.73 Å². The van der Waals surface area contributed by atoms with E-state index in [0.29, 0.717) is 12.1 Å². The van der Waals surface area contributed by atoms with Gasteiger partial charge in [0.2, 0.25) is 0 Å². The molecule has 0 spiro atoms. The molecule has 1 aromatic carbocycles. The molecule has 2 amide bonds. The van der Waals surface area contributed by atoms with Crippen LogP contribution < -0.4 is 11.1 Å². The van der Waals surface area contributed by atoms with Gasteiger partial charge in [0.25, 0.3) is 0 Å². The first kappa shape index (κ1) is 14.9. The summed E-state index contributed by atoms with van der Waals surface area (Å²) >= 11 is 0. The van der Waals surface area contributed by atoms with Gasteiger partial charge in [-0.15, -0.1) is 0 Å². The Kier molecular flexibility index (Phi) is 4.65. The average Bonchev–Trinajstić information content (AvgIpc) is 2.39. The highest BCUT2D eigenvalue weighted by atomic mass is 16.2. The lowest BCUT2D eigenvalue weighted by Crippen LogP contribution is -2.49. The van der Waals surface area contributed by atoms with Gasteiger partial charge in [0.1, 0.15) is 0 Å². The molecule has 1 aromatic rings. The molecule has 2 rings (SSSR count). The smallest absolute Gasteiger partial charge is 0.322 e. The summed E-state index contributed by atoms with van der Waals surface area (Å²) in [5, 5.41) is 2.98. The fourth-order valence-corrected chi connectivity index (χ4v) is 2.88. The molecule has 1 heterocycles. The Bertz CT molecular complexity index is 445. The van der Waals surface area contributed by atoms with Crippen LogP contribution in [0.1, 0.15) is 51.6 Å². The maximum atomic E-state index is 12.4. The average molecular weight is 275 g/mol. The van der Waals surface area contributed by atoms with Crippen molar-refractivity contribution in [2.75, 3.05) is 5.32 Å². The fourth-order valence-electron chi connectivity index (χ4n) is 2.88. The Morgan fingerprint density at radius 2 is 1.80 bits per heavy atom. The molecule has 4 nitrogen and oxygen atoms in total. The number of hydrogen-bond acceptors (Lipinski definition) is 2. The Hall–Kier alpha value is -1.55. The topological polar surface area (TPSA) is 58.4 Å². The first-order chi connectivity index (χ1) is 9.49. The van der Waals surface area contributed by atoms with Gasteiger partial charge in [-0.3, -0.25) is 0 Å². The number of piperidine rings is 1. The normalized spacial score (nSPS) is 24.3. The van der Waals surface area contributed by atoms with E-state index in [1.807, 2.05) is 36.1 Å². The minimum absolute atomic E-state index is 0.00162. The van der Waals surface area contributed by atoms with Crippen molar-refractivity contribution in [3.63, 3.8) is 0 Å². The molecular formula is C16H25N3O. The van der Waals surface area contributed by atoms with Crippen LogP contribution in [0, 0.1) is 0 Å². The van der Waals surface area contributed by atoms with Crippen molar-refractivity contribution in [1.82, 2.24) is 4.90 Å². The number of anilines is 1. The van der Waals surface area contributed by atoms with E-state index in [1.54, 1.807) is 0 Å². The van der Waals surface area contributed by atoms with E-state index in [-0.39, 0.29) is 12.1 Å². The van der Waals surface area contributed by atoms with Crippen LogP contribution in [0.25, 0.3) is 0 Å². The number of nitrogens with two attached hydrogens (primary N) is 1. The lowest BCUT2D eigenvalue weighted by Gasteiger charge is -2.38. The number of carbonyl (C=O) groups is 1. The lowest BCUT2D eigenvalue weighted by molar-refractivity contribution is 0.133. The summed E-state index contributed by atoms with van der Waals surface area (Å²) in [4.78, 5) is 14.4. The number of urea groups is 1. The van der Waals surface area contributed by atoms with Crippen molar-refractivity contribution < 1.29 is 4.79 Å². The summed E-state index contributed by atoms with van der Waals surface area (Å²) in [5.41, 5.74) is 7.72. The molecule has 110 valence electrons. The van der Waals surface area contributed by atoms with Crippen molar-refractivity contribution in [2.24, 2.45) is 5.73 Å². The monoisotopic (exact) mass is 275 g/mol. The second-order valence-corrected chi connectivity index (χ2v) is 5.88. The number of amides is 2. The van der Waals surface area contributed by atoms with Crippen LogP contribution in [-0.2, 0) is 0 Å². The van der Waals surface area contributed by atoms with Crippen molar-refractivity contribution in [1.29, 1.82) is 0 Å². The van der Waals surface area contributed by atoms with Crippen LogP contribution in [0.3, 0.4) is 0 Å². The Labute approximate surface area is 121 Å². The summed E-state index contributed by atoms with van der Waals surface area (Å²) < 4.78 is 0. The summed E-state index contributed by atoms with van der Waals surface area (Å²) in [7, 11) is 0. The van der Waals surface area contributed by atoms with Gasteiger partial charge < -0.3 is 16.0 Å². The third-order valence-electron chi connectivity index (χ3n) is 4.12. The molecule has 3 N–H and O–H groups in total. The van der Waals surface area contributed by atoms with Crippen LogP contribution in [0.4, 0.5) is 10.5 Å². The summed E-state index contributed by atoms with van der Waals surface area (Å²) in [5.74, 6) is 0. The summed E-state index contributed by atoms with van der Waals surface area (Å²) in [6.45, 7) is 6.19. The molecule has 3 atom stereocenters. The zero-order chi connectivity index (χ0) is 14.7. The predicted octanol–water partition coefficient (Wildman–Crippen LogP) is 3.50. The molecule has 4 heteroatoms. The molecule has 1 aliphatic rings. The summed E-state index contributed by atoms with van der Waals surface area (Å²) in [6.07, 6.45) is 3.37. The zero-order valence-electron chi connectivity index (χ0n) is 12.6. The minimum atomic E-state index is -0.00162. The maximum Gasteiger partial charge on any atom is 0.322 e. The van der Waals surface area contributed by atoms with E-state index in [9.17, 15) is 4.79 Å². The molecule has 0 bridgehead atoms. The molecule has 0 radical (unpaired) electrons. The molecule has 1 saturated heterocycles. The molecule has 0 aromatic heterocycles. The fraction of sp³-hybridized carbons (Fsp3) is 0.562. The van der Waals surface area contributed by atoms with Gasteiger partial charge >= 0.3 is 6.03 Å². The molecule has 1 fully saturated rings. The highest BCUT2D eigenvalue weighted by molar-refractivity contribution is 5.89. The van der Waals surface area contributed by atoms with Crippen LogP contribution in [0.5, 0.6) is 0 Å². The van der Waals surface area contributed by atoms with E-state index in [2.05, 4.69) is 19.2 Å². The first-order valence-corrected chi connectivity index (χ1v) is 7.44. The number of rotatable bonds is 2. The summed E-state index contributed by atoms with van der Waals surface area (Å²) in [6, 6.07) is 8.38. The molecule has 1 aliphatic heterocycles. The van der Waals surface area contributed by atoms with Gasteiger partial charge in [0.15, 0.2) is 0 Å². The molecular weight excluding hydrogens is 250 g/mol. The van der Waals surface area contributed by atoms with Crippen LogP contribution >= 0.6 is 0 Å². The standard InChI is InChI=1S/C16H25N3O/c1-11-5-4-6-12(2)19(11)16(20)18-15-9-7-14(8-10-15)13(3)17/h7-13H,4-6,17H2,1-3H3,(H,18,20). The van der Waals surface area contributed by atoms with Crippen LogP contribution in [-0.4, -0.2) is 23.0 Å². The molecule has 0 aliphatic carbocycles. The van der Waals surface area contributed by atoms with Crippen molar-refractivity contribution >= 4 is 11.7 Å². The highest BCUT2D eigenvalue weighted by Gasteiger charge is 2.28. The van der Waals surface area contributed by atoms with Crippen molar-refractivity contribution in [3.8, 4) is 0 Å². The molecule has 0 saturated carbocycles. The van der Waals surface area contributed by atoms with Crippen molar-refractivity contribution in [2.45, 2.75) is 58.2 Å². The Morgan fingerprint density at radius 3 is 2.30 bits per heavy atom. The van der Waals surface area contributed by atoms with Gasteiger partial charge in [-0.1, -0.05) is 12.1 Å². The third kappa shape index (κ3) is 3.31. The number of carbonyl (C=O) groups excluding carboxylic acids is 1. The number of nitrogens with zero attached hydrogens (tertiary/aromatic N) is 1. The number of hydrogen-bond donors (Lipinski definition) is 2. The molecule has 3 unspecified atom stereocenters. The number of benzene rings is 1. The van der Waals surface area contributed by atoms with E-state index in [0.717, 1.165) is 24.1 Å². The van der Waals surface area contributed by atoms with Gasteiger partial charge in [0, 0.05) is 23.8 Å². The second kappa shape index (κ2) is 6.27. The van der Waals surface area contributed by atoms with E-state index < -0.39 is 0 Å². The van der Waals surface area contributed by atoms with Gasteiger partial charge in [-0.2, -0.15) is 0 Å². The quantitative estimate of drug-likeness (QED) is 0.868. The van der Waals surface area contributed by atoms with E-state index in [1.165, 1.54) is 6.42 Å². The van der Waals surface area contributed by atoms with E-state index >= 15 is 0 Å². The molecule has 20 heavy (non-hydrogen) atoms. The largest absolute Gasteiger partial charge is 0.324 e. The zero-order valence-corrected chi connectivity index (χ0v) is 12.6. The maximum absolute atomic E-state index is 12.4. The predicted molar refractivity (Wildman–Crippen MR) is 82.7 cm³/mol. The van der Waals surface area contributed by atoms with Crippen LogP contribution in [0.2, 0.25) is 0 Å². The third-order valence-corrected chi connectivity index (χ3v) is 4.12. The minimum Gasteiger partial charge on any atom is -0.324 e. The Morgan fingerprint density at radius 1 is 1.25 bits per heavy atom. The lowest BCUT2D eigenvalue weighted by atomic mass is 9.98. The highest BCUT2D eigenvalue weighted by Crippen LogP contribution is 2.23. The second-order valence-electron chi connectivity index (χ2n) is 5.88. The Balaban J connectivity index is 2.03. The van der Waals surface area contributed by atoms with Crippen LogP contribution in [0.15, 0.2) is 24.3 Å². The SMILES string of the molecule is CC(N)c1ccc(NC(=O)N2C(C)CCCC2C)cc1. The first-order valence-electron chi connectivity index (χ1n) is 7.44.